The highest BCUT2D eigenvalue weighted by Gasteiger charge is 2.30. The molecule has 4 N–H and O–H groups in total. The third-order valence-electron chi connectivity index (χ3n) is 5.02. The van der Waals surface area contributed by atoms with Gasteiger partial charge in [0.15, 0.2) is 11.5 Å². The number of aryl methyl sites for hydroxylation is 1. The molecule has 0 aromatic heterocycles. The predicted molar refractivity (Wildman–Crippen MR) is 106 cm³/mol. The number of rotatable bonds is 5. The average Bonchev–Trinajstić information content (AvgIpc) is 3.34. The van der Waals surface area contributed by atoms with Crippen molar-refractivity contribution in [2.45, 2.75) is 43.9 Å². The Morgan fingerprint density at radius 1 is 1.03 bits per heavy atom. The lowest BCUT2D eigenvalue weighted by atomic mass is 10.0. The summed E-state index contributed by atoms with van der Waals surface area (Å²) in [4.78, 5) is 0. The minimum absolute atomic E-state index is 0.103. The summed E-state index contributed by atoms with van der Waals surface area (Å²) >= 11 is 0. The number of benzene rings is 2. The Morgan fingerprint density at radius 2 is 1.72 bits per heavy atom. The van der Waals surface area contributed by atoms with Crippen LogP contribution in [0.4, 0.5) is 0 Å². The normalized spacial score (nSPS) is 21.3. The Morgan fingerprint density at radius 3 is 2.45 bits per heavy atom. The maximum Gasteiger partial charge on any atom is 0.394 e. The Hall–Kier alpha value is -2.17. The van der Waals surface area contributed by atoms with E-state index in [0.29, 0.717) is 6.04 Å². The van der Waals surface area contributed by atoms with Gasteiger partial charge in [-0.05, 0) is 48.9 Å². The fourth-order valence-electron chi connectivity index (χ4n) is 3.64. The van der Waals surface area contributed by atoms with E-state index in [9.17, 15) is 5.11 Å². The van der Waals surface area contributed by atoms with Crippen LogP contribution >= 0.6 is 0 Å². The fraction of sp³-hybridized carbons (Fsp3) is 0.400. The Kier molecular flexibility index (Phi) is 7.09. The summed E-state index contributed by atoms with van der Waals surface area (Å²) in [5, 5.41) is 14.3. The van der Waals surface area contributed by atoms with Gasteiger partial charge in [-0.3, -0.25) is 9.11 Å². The lowest BCUT2D eigenvalue weighted by molar-refractivity contribution is 0.134. The summed E-state index contributed by atoms with van der Waals surface area (Å²) in [7, 11) is -4.67. The first-order chi connectivity index (χ1) is 13.8. The van der Waals surface area contributed by atoms with Crippen molar-refractivity contribution in [1.29, 1.82) is 0 Å². The van der Waals surface area contributed by atoms with E-state index in [1.165, 1.54) is 5.56 Å². The second kappa shape index (κ2) is 9.55. The fourth-order valence-corrected chi connectivity index (χ4v) is 3.64. The number of hydrogen-bond acceptors (Lipinski definition) is 6. The standard InChI is InChI=1S/C20H23NO3.H2O4S/c22-20(15-7-11-18-19(12-15)24-13-23-18)17-10-9-16(21-17)8-6-14-4-2-1-3-5-14;1-5(2,3)4/h1-5,7,11-12,16-17,20-22H,6,8-10,13H2;(H2,1,2,3,4). The first-order valence-electron chi connectivity index (χ1n) is 9.37. The van der Waals surface area contributed by atoms with E-state index >= 15 is 0 Å². The van der Waals surface area contributed by atoms with Crippen LogP contribution in [0.15, 0.2) is 48.5 Å². The van der Waals surface area contributed by atoms with Gasteiger partial charge in [0.2, 0.25) is 6.79 Å². The summed E-state index contributed by atoms with van der Waals surface area (Å²) in [6, 6.07) is 16.8. The van der Waals surface area contributed by atoms with E-state index in [2.05, 4.69) is 35.6 Å². The van der Waals surface area contributed by atoms with Crippen LogP contribution in [0.25, 0.3) is 0 Å². The molecule has 0 amide bonds. The first kappa shape index (κ1) is 21.5. The van der Waals surface area contributed by atoms with Crippen LogP contribution in [0, 0.1) is 0 Å². The number of hydrogen-bond donors (Lipinski definition) is 4. The Bertz CT molecular complexity index is 896. The summed E-state index contributed by atoms with van der Waals surface area (Å²) in [6.45, 7) is 0.262. The van der Waals surface area contributed by atoms with Gasteiger partial charge in [-0.25, -0.2) is 0 Å². The molecule has 0 bridgehead atoms. The second-order valence-electron chi connectivity index (χ2n) is 7.08. The molecule has 8 nitrogen and oxygen atoms in total. The zero-order chi connectivity index (χ0) is 20.9. The number of aliphatic hydroxyl groups excluding tert-OH is 1. The summed E-state index contributed by atoms with van der Waals surface area (Å²) in [5.41, 5.74) is 2.26. The second-order valence-corrected chi connectivity index (χ2v) is 7.97. The van der Waals surface area contributed by atoms with Gasteiger partial charge in [0, 0.05) is 12.1 Å². The highest BCUT2D eigenvalue weighted by Crippen LogP contribution is 2.36. The molecule has 0 spiro atoms. The maximum absolute atomic E-state index is 10.7. The van der Waals surface area contributed by atoms with Crippen LogP contribution < -0.4 is 14.8 Å². The minimum Gasteiger partial charge on any atom is -0.454 e. The monoisotopic (exact) mass is 423 g/mol. The van der Waals surface area contributed by atoms with E-state index in [1.807, 2.05) is 18.2 Å². The van der Waals surface area contributed by atoms with E-state index < -0.39 is 16.5 Å². The van der Waals surface area contributed by atoms with Gasteiger partial charge >= 0.3 is 10.4 Å². The summed E-state index contributed by atoms with van der Waals surface area (Å²) < 4.78 is 42.3. The molecular weight excluding hydrogens is 398 g/mol. The maximum atomic E-state index is 10.7. The molecule has 3 atom stereocenters. The van der Waals surface area contributed by atoms with Crippen LogP contribution in [0.3, 0.4) is 0 Å². The number of fused-ring (bicyclic) bond motifs is 1. The van der Waals surface area contributed by atoms with Crippen LogP contribution in [0.5, 0.6) is 11.5 Å². The van der Waals surface area contributed by atoms with E-state index in [4.69, 9.17) is 27.0 Å². The van der Waals surface area contributed by atoms with Crippen LogP contribution in [-0.4, -0.2) is 41.5 Å². The van der Waals surface area contributed by atoms with Gasteiger partial charge < -0.3 is 19.9 Å². The third-order valence-corrected chi connectivity index (χ3v) is 5.02. The number of nitrogens with one attached hydrogen (secondary N) is 1. The molecule has 2 aromatic rings. The first-order valence-corrected chi connectivity index (χ1v) is 10.8. The molecule has 9 heteroatoms. The molecule has 2 aromatic carbocycles. The number of aliphatic hydroxyl groups is 1. The van der Waals surface area contributed by atoms with Crippen molar-refractivity contribution in [3.63, 3.8) is 0 Å². The molecule has 2 heterocycles. The third kappa shape index (κ3) is 6.69. The topological polar surface area (TPSA) is 125 Å². The zero-order valence-electron chi connectivity index (χ0n) is 15.8. The zero-order valence-corrected chi connectivity index (χ0v) is 16.6. The molecular formula is C20H25NO7S. The molecule has 2 aliphatic heterocycles. The molecule has 29 heavy (non-hydrogen) atoms. The number of ether oxygens (including phenoxy) is 2. The van der Waals surface area contributed by atoms with Crippen molar-refractivity contribution in [1.82, 2.24) is 5.32 Å². The van der Waals surface area contributed by atoms with Gasteiger partial charge in [-0.15, -0.1) is 0 Å². The van der Waals surface area contributed by atoms with Gasteiger partial charge in [0.1, 0.15) is 0 Å². The highest BCUT2D eigenvalue weighted by atomic mass is 32.3. The summed E-state index contributed by atoms with van der Waals surface area (Å²) in [5.74, 6) is 1.48. The molecule has 2 aliphatic rings. The molecule has 0 radical (unpaired) electrons. The SMILES string of the molecule is O=S(=O)(O)O.OC(c1ccc2c(c1)OCO2)C1CCC(CCc2ccccc2)N1. The molecule has 4 rings (SSSR count). The summed E-state index contributed by atoms with van der Waals surface area (Å²) in [6.07, 6.45) is 3.77. The van der Waals surface area contributed by atoms with E-state index in [0.717, 1.165) is 42.7 Å². The van der Waals surface area contributed by atoms with Gasteiger partial charge in [-0.2, -0.15) is 8.42 Å². The van der Waals surface area contributed by atoms with Crippen LogP contribution in [0.2, 0.25) is 0 Å². The predicted octanol–water partition coefficient (Wildman–Crippen LogP) is 2.55. The van der Waals surface area contributed by atoms with E-state index in [1.54, 1.807) is 0 Å². The minimum atomic E-state index is -4.67. The highest BCUT2D eigenvalue weighted by molar-refractivity contribution is 7.79. The van der Waals surface area contributed by atoms with E-state index in [-0.39, 0.29) is 12.8 Å². The van der Waals surface area contributed by atoms with Gasteiger partial charge in [0.05, 0.1) is 6.10 Å². The largest absolute Gasteiger partial charge is 0.454 e. The smallest absolute Gasteiger partial charge is 0.394 e. The molecule has 3 unspecified atom stereocenters. The van der Waals surface area contributed by atoms with Crippen molar-refractivity contribution < 1.29 is 32.1 Å². The molecule has 0 saturated carbocycles. The Labute approximate surface area is 170 Å². The lowest BCUT2D eigenvalue weighted by Crippen LogP contribution is -2.34. The van der Waals surface area contributed by atoms with Crippen molar-refractivity contribution in [3.8, 4) is 11.5 Å². The molecule has 1 saturated heterocycles. The lowest BCUT2D eigenvalue weighted by Gasteiger charge is -2.20. The molecule has 1 fully saturated rings. The Balaban J connectivity index is 0.000000431. The quantitative estimate of drug-likeness (QED) is 0.541. The molecule has 158 valence electrons. The van der Waals surface area contributed by atoms with Crippen molar-refractivity contribution in [2.75, 3.05) is 6.79 Å². The van der Waals surface area contributed by atoms with Crippen molar-refractivity contribution >= 4 is 10.4 Å². The van der Waals surface area contributed by atoms with Crippen molar-refractivity contribution in [2.24, 2.45) is 0 Å². The molecule has 0 aliphatic carbocycles. The van der Waals surface area contributed by atoms with Crippen LogP contribution in [0.1, 0.15) is 36.5 Å². The van der Waals surface area contributed by atoms with Crippen LogP contribution in [-0.2, 0) is 16.8 Å². The van der Waals surface area contributed by atoms with Gasteiger partial charge in [0.25, 0.3) is 0 Å². The van der Waals surface area contributed by atoms with Crippen molar-refractivity contribution in [3.05, 3.63) is 59.7 Å². The average molecular weight is 423 g/mol. The van der Waals surface area contributed by atoms with Gasteiger partial charge in [-0.1, -0.05) is 36.4 Å².